The van der Waals surface area contributed by atoms with Crippen LogP contribution >= 0.6 is 0 Å². The maximum atomic E-state index is 13.9. The summed E-state index contributed by atoms with van der Waals surface area (Å²) in [5, 5.41) is 9.96. The molecule has 1 unspecified atom stereocenters. The first-order valence-electron chi connectivity index (χ1n) is 9.32. The molecular weight excluding hydrogens is 465 g/mol. The predicted octanol–water partition coefficient (Wildman–Crippen LogP) is 3.25. The Morgan fingerprint density at radius 3 is 2.48 bits per heavy atom. The highest BCUT2D eigenvalue weighted by Crippen LogP contribution is 2.29. The smallest absolute Gasteiger partial charge is 0.413 e. The number of carbonyl (C=O) groups excluding carboxylic acids is 1. The van der Waals surface area contributed by atoms with Crippen molar-refractivity contribution in [2.75, 3.05) is 16.3 Å². The van der Waals surface area contributed by atoms with Gasteiger partial charge in [-0.25, -0.2) is 36.0 Å². The van der Waals surface area contributed by atoms with Crippen LogP contribution in [0, 0.1) is 12.7 Å². The molecule has 2 heterocycles. The number of carbonyl (C=O) groups is 1. The molecule has 0 aliphatic rings. The van der Waals surface area contributed by atoms with Crippen molar-refractivity contribution in [1.29, 1.82) is 0 Å². The van der Waals surface area contributed by atoms with Gasteiger partial charge in [0.1, 0.15) is 5.82 Å². The molecule has 2 N–H and O–H groups in total. The van der Waals surface area contributed by atoms with Gasteiger partial charge >= 0.3 is 6.09 Å². The summed E-state index contributed by atoms with van der Waals surface area (Å²) in [5.41, 5.74) is 0.368. The monoisotopic (exact) mass is 484 g/mol. The number of hydrogen-bond acceptors (Lipinski definition) is 7. The number of anilines is 2. The van der Waals surface area contributed by atoms with E-state index in [2.05, 4.69) is 25.3 Å². The average molecular weight is 484 g/mol. The molecule has 1 amide bonds. The number of aryl methyl sites for hydroxylation is 2. The second-order valence-electron chi connectivity index (χ2n) is 6.92. The first-order valence-corrected chi connectivity index (χ1v) is 11.2. The highest BCUT2D eigenvalue weighted by Gasteiger charge is 2.30. The summed E-state index contributed by atoms with van der Waals surface area (Å²) >= 11 is 0. The van der Waals surface area contributed by atoms with Gasteiger partial charge in [0.05, 0.1) is 23.3 Å². The number of ether oxygens (including phenoxy) is 1. The molecule has 0 fully saturated rings. The minimum atomic E-state index is -3.53. The van der Waals surface area contributed by atoms with Gasteiger partial charge in [0.25, 0.3) is 6.43 Å². The Kier molecular flexibility index (Phi) is 6.86. The number of pyridine rings is 1. The Balaban J connectivity index is 1.85. The summed E-state index contributed by atoms with van der Waals surface area (Å²) in [6.45, 7) is 1.55. The first-order chi connectivity index (χ1) is 15.5. The molecule has 176 valence electrons. The van der Waals surface area contributed by atoms with E-state index in [1.54, 1.807) is 6.92 Å². The summed E-state index contributed by atoms with van der Waals surface area (Å²) in [5.74, 6) is -0.974. The summed E-state index contributed by atoms with van der Waals surface area (Å²) in [6.07, 6.45) is -5.62. The number of aromatic nitrogens is 4. The number of hydrogen-bond donors (Lipinski definition) is 2. The number of sulfonamides is 1. The number of nitrogens with one attached hydrogen (secondary N) is 2. The fourth-order valence-electron chi connectivity index (χ4n) is 2.87. The highest BCUT2D eigenvalue weighted by molar-refractivity contribution is 7.92. The Morgan fingerprint density at radius 1 is 1.18 bits per heavy atom. The zero-order valence-corrected chi connectivity index (χ0v) is 18.4. The van der Waals surface area contributed by atoms with Gasteiger partial charge in [-0.05, 0) is 25.1 Å². The van der Waals surface area contributed by atoms with Gasteiger partial charge in [-0.1, -0.05) is 23.4 Å². The van der Waals surface area contributed by atoms with E-state index in [9.17, 15) is 26.4 Å². The van der Waals surface area contributed by atoms with E-state index in [1.165, 1.54) is 31.3 Å². The molecule has 2 aromatic heterocycles. The molecule has 1 atom stereocenters. The third kappa shape index (κ3) is 5.77. The van der Waals surface area contributed by atoms with Crippen LogP contribution in [0.3, 0.4) is 0 Å². The lowest BCUT2D eigenvalue weighted by Gasteiger charge is -2.18. The topological polar surface area (TPSA) is 128 Å². The number of rotatable bonds is 7. The van der Waals surface area contributed by atoms with E-state index in [0.29, 0.717) is 5.69 Å². The van der Waals surface area contributed by atoms with Crippen molar-refractivity contribution in [3.8, 4) is 11.4 Å². The van der Waals surface area contributed by atoms with E-state index in [0.717, 1.165) is 23.1 Å². The van der Waals surface area contributed by atoms with E-state index in [4.69, 9.17) is 4.74 Å². The number of benzene rings is 1. The summed E-state index contributed by atoms with van der Waals surface area (Å²) < 4.78 is 72.0. The van der Waals surface area contributed by atoms with E-state index in [1.807, 2.05) is 0 Å². The van der Waals surface area contributed by atoms with Crippen molar-refractivity contribution in [2.24, 2.45) is 7.05 Å². The Bertz CT molecular complexity index is 1280. The SMILES string of the molecule is Cc1nc(-c2nnn(C)c2NC(=O)OC(c2ccccc2F)C(F)F)ccc1NS(C)(=O)=O. The zero-order valence-electron chi connectivity index (χ0n) is 17.6. The van der Waals surface area contributed by atoms with Gasteiger partial charge in [0.2, 0.25) is 10.0 Å². The lowest BCUT2D eigenvalue weighted by molar-refractivity contribution is -0.0160. The number of nitrogens with zero attached hydrogens (tertiary/aromatic N) is 4. The molecule has 3 aromatic rings. The standard InChI is InChI=1S/C19H19F3N6O4S/c1-10-13(26-33(3,30)31)8-9-14(23-10)15-18(28(2)27-25-15)24-19(29)32-16(17(21)22)11-6-4-5-7-12(11)20/h4-9,16-17,26H,1-3H3,(H,24,29). The van der Waals surface area contributed by atoms with Crippen LogP contribution in [-0.2, 0) is 21.8 Å². The van der Waals surface area contributed by atoms with E-state index < -0.39 is 40.0 Å². The maximum Gasteiger partial charge on any atom is 0.413 e. The lowest BCUT2D eigenvalue weighted by atomic mass is 10.1. The molecule has 33 heavy (non-hydrogen) atoms. The molecule has 0 aliphatic carbocycles. The second kappa shape index (κ2) is 9.44. The third-order valence-corrected chi connectivity index (χ3v) is 4.94. The Hall–Kier alpha value is -3.68. The Morgan fingerprint density at radius 2 is 1.88 bits per heavy atom. The molecular formula is C19H19F3N6O4S. The Labute approximate surface area is 186 Å². The minimum Gasteiger partial charge on any atom is -0.435 e. The fraction of sp³-hybridized carbons (Fsp3) is 0.263. The molecule has 3 rings (SSSR count). The van der Waals surface area contributed by atoms with Gasteiger partial charge in [-0.15, -0.1) is 5.10 Å². The van der Waals surface area contributed by atoms with Crippen LogP contribution in [0.15, 0.2) is 36.4 Å². The molecule has 0 saturated carbocycles. The van der Waals surface area contributed by atoms with Crippen molar-refractivity contribution < 1.29 is 31.1 Å². The van der Waals surface area contributed by atoms with Crippen LogP contribution in [0.1, 0.15) is 17.4 Å². The molecule has 0 aliphatic heterocycles. The lowest BCUT2D eigenvalue weighted by Crippen LogP contribution is -2.24. The molecule has 1 aromatic carbocycles. The van der Waals surface area contributed by atoms with Gasteiger partial charge in [-0.2, -0.15) is 0 Å². The van der Waals surface area contributed by atoms with Crippen LogP contribution in [0.4, 0.5) is 29.5 Å². The van der Waals surface area contributed by atoms with Crippen LogP contribution in [0.2, 0.25) is 0 Å². The van der Waals surface area contributed by atoms with Crippen LogP contribution in [0.5, 0.6) is 0 Å². The molecule has 14 heteroatoms. The molecule has 0 radical (unpaired) electrons. The van der Waals surface area contributed by atoms with Crippen LogP contribution in [-0.4, -0.2) is 47.2 Å². The van der Waals surface area contributed by atoms with Crippen molar-refractivity contribution in [3.05, 3.63) is 53.5 Å². The van der Waals surface area contributed by atoms with Crippen LogP contribution in [0.25, 0.3) is 11.4 Å². The van der Waals surface area contributed by atoms with Gasteiger partial charge in [-0.3, -0.25) is 10.0 Å². The molecule has 0 spiro atoms. The quantitative estimate of drug-likeness (QED) is 0.527. The number of halogens is 3. The van der Waals surface area contributed by atoms with Crippen molar-refractivity contribution in [1.82, 2.24) is 20.0 Å². The normalized spacial score (nSPS) is 12.5. The summed E-state index contributed by atoms with van der Waals surface area (Å²) in [6, 6.07) is 7.61. The summed E-state index contributed by atoms with van der Waals surface area (Å²) in [7, 11) is -2.09. The molecule has 0 bridgehead atoms. The molecule has 10 nitrogen and oxygen atoms in total. The van der Waals surface area contributed by atoms with Gasteiger partial charge in [0, 0.05) is 12.6 Å². The fourth-order valence-corrected chi connectivity index (χ4v) is 3.48. The van der Waals surface area contributed by atoms with E-state index >= 15 is 0 Å². The highest BCUT2D eigenvalue weighted by atomic mass is 32.2. The van der Waals surface area contributed by atoms with Crippen molar-refractivity contribution in [2.45, 2.75) is 19.5 Å². The first kappa shape index (κ1) is 24.0. The largest absolute Gasteiger partial charge is 0.435 e. The second-order valence-corrected chi connectivity index (χ2v) is 8.67. The third-order valence-electron chi connectivity index (χ3n) is 4.35. The van der Waals surface area contributed by atoms with Crippen LogP contribution < -0.4 is 10.0 Å². The van der Waals surface area contributed by atoms with Gasteiger partial charge < -0.3 is 4.74 Å². The van der Waals surface area contributed by atoms with E-state index in [-0.39, 0.29) is 22.9 Å². The average Bonchev–Trinajstić information content (AvgIpc) is 3.07. The number of alkyl halides is 2. The minimum absolute atomic E-state index is 0.0303. The molecule has 0 saturated heterocycles. The predicted molar refractivity (Wildman–Crippen MR) is 113 cm³/mol. The maximum absolute atomic E-state index is 13.9. The van der Waals surface area contributed by atoms with Gasteiger partial charge in [0.15, 0.2) is 17.6 Å². The zero-order chi connectivity index (χ0) is 24.3. The van der Waals surface area contributed by atoms with Crippen molar-refractivity contribution >= 4 is 27.6 Å². The van der Waals surface area contributed by atoms with Crippen molar-refractivity contribution in [3.63, 3.8) is 0 Å². The number of amides is 1. The summed E-state index contributed by atoms with van der Waals surface area (Å²) in [4.78, 5) is 16.6.